The molecule has 7 heteroatoms. The van der Waals surface area contributed by atoms with Crippen molar-refractivity contribution in [3.8, 4) is 0 Å². The molecule has 2 aromatic rings. The largest absolute Gasteiger partial charge is 0.325 e. The van der Waals surface area contributed by atoms with Crippen LogP contribution in [0.5, 0.6) is 0 Å². The number of likely N-dealkylation sites (N-methyl/N-ethyl adjacent to an activating group) is 1. The lowest BCUT2D eigenvalue weighted by Gasteiger charge is -2.15. The second-order valence-corrected chi connectivity index (χ2v) is 7.45. The Morgan fingerprint density at radius 2 is 1.88 bits per heavy atom. The molecule has 0 atom stereocenters. The third-order valence-electron chi connectivity index (χ3n) is 3.51. The number of nitrogens with zero attached hydrogens (tertiary/aromatic N) is 1. The SMILES string of the molecule is Cc1ccc(F)cc1NC(=O)CN(C)S(=O)(=O)/C=C/c1ccccc1. The fraction of sp³-hybridized carbons (Fsp3) is 0.167. The number of amides is 1. The molecule has 2 rings (SSSR count). The van der Waals surface area contributed by atoms with Gasteiger partial charge in [0.1, 0.15) is 5.82 Å². The molecule has 0 spiro atoms. The number of rotatable bonds is 6. The lowest BCUT2D eigenvalue weighted by atomic mass is 10.2. The van der Waals surface area contributed by atoms with E-state index in [2.05, 4.69) is 5.32 Å². The molecule has 0 aliphatic rings. The molecule has 1 N–H and O–H groups in total. The molecule has 0 saturated carbocycles. The van der Waals surface area contributed by atoms with Crippen LogP contribution in [0.2, 0.25) is 0 Å². The van der Waals surface area contributed by atoms with Crippen LogP contribution in [-0.2, 0) is 14.8 Å². The lowest BCUT2D eigenvalue weighted by molar-refractivity contribution is -0.116. The summed E-state index contributed by atoms with van der Waals surface area (Å²) in [6.45, 7) is 1.34. The maximum Gasteiger partial charge on any atom is 0.239 e. The van der Waals surface area contributed by atoms with Gasteiger partial charge in [-0.2, -0.15) is 4.31 Å². The van der Waals surface area contributed by atoms with Crippen molar-refractivity contribution < 1.29 is 17.6 Å². The van der Waals surface area contributed by atoms with Crippen LogP contribution >= 0.6 is 0 Å². The second-order valence-electron chi connectivity index (χ2n) is 5.52. The standard InChI is InChI=1S/C18H19FN2O3S/c1-14-8-9-16(19)12-17(14)20-18(22)13-21(2)25(23,24)11-10-15-6-4-3-5-7-15/h3-12H,13H2,1-2H3,(H,20,22)/b11-10+. The normalized spacial score (nSPS) is 11.8. The summed E-state index contributed by atoms with van der Waals surface area (Å²) >= 11 is 0. The molecular weight excluding hydrogens is 343 g/mol. The Bertz CT molecular complexity index is 880. The van der Waals surface area contributed by atoms with Crippen molar-refractivity contribution in [2.45, 2.75) is 6.92 Å². The molecular formula is C18H19FN2O3S. The third kappa shape index (κ3) is 5.51. The van der Waals surface area contributed by atoms with Gasteiger partial charge < -0.3 is 5.32 Å². The molecule has 25 heavy (non-hydrogen) atoms. The topological polar surface area (TPSA) is 66.5 Å². The van der Waals surface area contributed by atoms with Crippen molar-refractivity contribution in [1.29, 1.82) is 0 Å². The van der Waals surface area contributed by atoms with Crippen molar-refractivity contribution in [2.75, 3.05) is 18.9 Å². The summed E-state index contributed by atoms with van der Waals surface area (Å²) < 4.78 is 38.6. The summed E-state index contributed by atoms with van der Waals surface area (Å²) in [5.74, 6) is -1.03. The first-order valence-electron chi connectivity index (χ1n) is 7.53. The van der Waals surface area contributed by atoms with Crippen LogP contribution in [-0.4, -0.2) is 32.2 Å². The fourth-order valence-electron chi connectivity index (χ4n) is 2.04. The van der Waals surface area contributed by atoms with Crippen LogP contribution < -0.4 is 5.32 Å². The van der Waals surface area contributed by atoms with Crippen molar-refractivity contribution in [3.63, 3.8) is 0 Å². The number of aryl methyl sites for hydroxylation is 1. The Balaban J connectivity index is 2.02. The van der Waals surface area contributed by atoms with Gasteiger partial charge in [0.05, 0.1) is 6.54 Å². The number of hydrogen-bond acceptors (Lipinski definition) is 3. The summed E-state index contributed by atoms with van der Waals surface area (Å²) in [7, 11) is -2.44. The minimum Gasteiger partial charge on any atom is -0.325 e. The van der Waals surface area contributed by atoms with E-state index in [1.807, 2.05) is 6.07 Å². The molecule has 0 radical (unpaired) electrons. The average Bonchev–Trinajstić information content (AvgIpc) is 2.57. The molecule has 0 heterocycles. The number of carbonyl (C=O) groups excluding carboxylic acids is 1. The highest BCUT2D eigenvalue weighted by Gasteiger charge is 2.18. The lowest BCUT2D eigenvalue weighted by Crippen LogP contribution is -2.33. The molecule has 0 fully saturated rings. The first kappa shape index (κ1) is 18.8. The van der Waals surface area contributed by atoms with Crippen LogP contribution in [0.4, 0.5) is 10.1 Å². The van der Waals surface area contributed by atoms with E-state index in [9.17, 15) is 17.6 Å². The summed E-state index contributed by atoms with van der Waals surface area (Å²) in [6.07, 6.45) is 1.46. The van der Waals surface area contributed by atoms with Gasteiger partial charge >= 0.3 is 0 Å². The predicted molar refractivity (Wildman–Crippen MR) is 96.8 cm³/mol. The fourth-order valence-corrected chi connectivity index (χ4v) is 2.88. The quantitative estimate of drug-likeness (QED) is 0.859. The highest BCUT2D eigenvalue weighted by Crippen LogP contribution is 2.16. The number of carbonyl (C=O) groups is 1. The van der Waals surface area contributed by atoms with Gasteiger partial charge in [0, 0.05) is 18.1 Å². The van der Waals surface area contributed by atoms with E-state index >= 15 is 0 Å². The van der Waals surface area contributed by atoms with Gasteiger partial charge in [0.2, 0.25) is 15.9 Å². The summed E-state index contributed by atoms with van der Waals surface area (Å²) in [6, 6.07) is 13.0. The van der Waals surface area contributed by atoms with E-state index in [1.165, 1.54) is 31.3 Å². The smallest absolute Gasteiger partial charge is 0.239 e. The molecule has 5 nitrogen and oxygen atoms in total. The van der Waals surface area contributed by atoms with Crippen LogP contribution in [0.3, 0.4) is 0 Å². The first-order chi connectivity index (χ1) is 11.8. The monoisotopic (exact) mass is 362 g/mol. The zero-order chi connectivity index (χ0) is 18.4. The van der Waals surface area contributed by atoms with Crippen LogP contribution in [0.25, 0.3) is 6.08 Å². The molecule has 0 unspecified atom stereocenters. The predicted octanol–water partition coefficient (Wildman–Crippen LogP) is 3.01. The molecule has 1 amide bonds. The van der Waals surface area contributed by atoms with E-state index in [4.69, 9.17) is 0 Å². The van der Waals surface area contributed by atoms with Crippen molar-refractivity contribution in [2.24, 2.45) is 0 Å². The Hall–Kier alpha value is -2.51. The Kier molecular flexibility index (Phi) is 6.06. The van der Waals surface area contributed by atoms with E-state index in [-0.39, 0.29) is 6.54 Å². The number of sulfonamides is 1. The summed E-state index contributed by atoms with van der Waals surface area (Å²) in [5, 5.41) is 3.56. The third-order valence-corrected chi connectivity index (χ3v) is 4.98. The minimum absolute atomic E-state index is 0.315. The van der Waals surface area contributed by atoms with Crippen LogP contribution in [0.1, 0.15) is 11.1 Å². The van der Waals surface area contributed by atoms with Gasteiger partial charge in [-0.3, -0.25) is 4.79 Å². The van der Waals surface area contributed by atoms with Crippen molar-refractivity contribution in [1.82, 2.24) is 4.31 Å². The first-order valence-corrected chi connectivity index (χ1v) is 9.04. The number of hydrogen-bond donors (Lipinski definition) is 1. The van der Waals surface area contributed by atoms with Gasteiger partial charge in [-0.05, 0) is 36.3 Å². The van der Waals surface area contributed by atoms with Gasteiger partial charge in [-0.15, -0.1) is 0 Å². The van der Waals surface area contributed by atoms with E-state index < -0.39 is 21.7 Å². The highest BCUT2D eigenvalue weighted by molar-refractivity contribution is 7.92. The maximum absolute atomic E-state index is 13.2. The molecule has 0 aliphatic heterocycles. The Labute approximate surface area is 146 Å². The number of nitrogens with one attached hydrogen (secondary N) is 1. The van der Waals surface area contributed by atoms with E-state index in [0.29, 0.717) is 11.3 Å². The highest BCUT2D eigenvalue weighted by atomic mass is 32.2. The number of halogens is 1. The number of anilines is 1. The van der Waals surface area contributed by atoms with Gasteiger partial charge in [0.25, 0.3) is 0 Å². The molecule has 0 aliphatic carbocycles. The molecule has 0 bridgehead atoms. The van der Waals surface area contributed by atoms with E-state index in [1.54, 1.807) is 31.2 Å². The van der Waals surface area contributed by atoms with Crippen LogP contribution in [0.15, 0.2) is 53.9 Å². The second kappa shape index (κ2) is 8.04. The number of benzene rings is 2. The zero-order valence-corrected chi connectivity index (χ0v) is 14.8. The van der Waals surface area contributed by atoms with E-state index in [0.717, 1.165) is 15.3 Å². The molecule has 0 saturated heterocycles. The van der Waals surface area contributed by atoms with Gasteiger partial charge in [-0.25, -0.2) is 12.8 Å². The van der Waals surface area contributed by atoms with Crippen LogP contribution in [0, 0.1) is 12.7 Å². The molecule has 0 aromatic heterocycles. The molecule has 2 aromatic carbocycles. The minimum atomic E-state index is -3.75. The Morgan fingerprint density at radius 1 is 1.20 bits per heavy atom. The van der Waals surface area contributed by atoms with Crippen molar-refractivity contribution >= 4 is 27.7 Å². The summed E-state index contributed by atoms with van der Waals surface area (Å²) in [5.41, 5.74) is 1.74. The van der Waals surface area contributed by atoms with Gasteiger partial charge in [0.15, 0.2) is 0 Å². The average molecular weight is 362 g/mol. The zero-order valence-electron chi connectivity index (χ0n) is 13.9. The van der Waals surface area contributed by atoms with Gasteiger partial charge in [-0.1, -0.05) is 36.4 Å². The molecule has 132 valence electrons. The maximum atomic E-state index is 13.2. The van der Waals surface area contributed by atoms with Crippen molar-refractivity contribution in [3.05, 3.63) is 70.9 Å². The Morgan fingerprint density at radius 3 is 2.56 bits per heavy atom. The summed E-state index contributed by atoms with van der Waals surface area (Å²) in [4.78, 5) is 12.0.